The number of piperazine rings is 1. The Morgan fingerprint density at radius 3 is 2.74 bits per heavy atom. The second-order valence-corrected chi connectivity index (χ2v) is 9.56. The van der Waals surface area contributed by atoms with Crippen molar-refractivity contribution in [2.75, 3.05) is 17.7 Å². The highest BCUT2D eigenvalue weighted by molar-refractivity contribution is 7.80. The average Bonchev–Trinajstić information content (AvgIpc) is 2.82. The Bertz CT molecular complexity index is 1100. The van der Waals surface area contributed by atoms with Crippen LogP contribution in [0.4, 0.5) is 11.4 Å². The largest absolute Gasteiger partial charge is 0.495 e. The molecule has 7 nitrogen and oxygen atoms in total. The van der Waals surface area contributed by atoms with Gasteiger partial charge in [0.25, 0.3) is 0 Å². The highest BCUT2D eigenvalue weighted by atomic mass is 35.5. The number of methoxy groups -OCH3 is 1. The first-order valence-corrected chi connectivity index (χ1v) is 12.2. The van der Waals surface area contributed by atoms with E-state index in [0.29, 0.717) is 27.3 Å². The third-order valence-corrected chi connectivity index (χ3v) is 7.04. The standard InChI is InChI=1S/C25H29ClN4O3S/c1-15-11-12-16(26)13-19(15)27-23(31)14-21-24(32)28-17-7-3-5-9-20(17)30(21)25(34)29-18-8-4-6-10-22(18)33-2/h4,6,8,10-13,17,20-21H,3,5,7,9,14H2,1-2H3,(H,27,31)(H,28,32)(H,29,34)/t17-,20-,21-/m0/s1. The molecular weight excluding hydrogens is 472 g/mol. The van der Waals surface area contributed by atoms with Crippen LogP contribution in [-0.2, 0) is 9.59 Å². The predicted octanol–water partition coefficient (Wildman–Crippen LogP) is 4.49. The molecule has 2 aromatic carbocycles. The number of para-hydroxylation sites is 2. The van der Waals surface area contributed by atoms with Gasteiger partial charge in [0.2, 0.25) is 11.8 Å². The molecule has 9 heteroatoms. The lowest BCUT2D eigenvalue weighted by atomic mass is 9.85. The third kappa shape index (κ3) is 5.28. The number of carbonyl (C=O) groups is 2. The fourth-order valence-corrected chi connectivity index (χ4v) is 5.31. The Labute approximate surface area is 210 Å². The van der Waals surface area contributed by atoms with Crippen molar-refractivity contribution in [2.45, 2.75) is 57.2 Å². The normalized spacial score (nSPS) is 21.8. The molecule has 2 amide bonds. The summed E-state index contributed by atoms with van der Waals surface area (Å²) >= 11 is 11.9. The van der Waals surface area contributed by atoms with Crippen molar-refractivity contribution >= 4 is 52.1 Å². The van der Waals surface area contributed by atoms with Gasteiger partial charge in [-0.05, 0) is 61.8 Å². The number of hydrogen-bond donors (Lipinski definition) is 3. The van der Waals surface area contributed by atoms with Crippen molar-refractivity contribution in [1.82, 2.24) is 10.2 Å². The van der Waals surface area contributed by atoms with Crippen molar-refractivity contribution in [3.05, 3.63) is 53.1 Å². The number of benzene rings is 2. The van der Waals surface area contributed by atoms with E-state index in [1.165, 1.54) is 0 Å². The number of fused-ring (bicyclic) bond motifs is 1. The first-order valence-electron chi connectivity index (χ1n) is 11.5. The molecule has 0 spiro atoms. The number of nitrogens with one attached hydrogen (secondary N) is 3. The van der Waals surface area contributed by atoms with Gasteiger partial charge in [-0.3, -0.25) is 9.59 Å². The molecule has 2 aromatic rings. The van der Waals surface area contributed by atoms with Crippen LogP contribution in [0.1, 0.15) is 37.7 Å². The summed E-state index contributed by atoms with van der Waals surface area (Å²) in [6.45, 7) is 1.89. The van der Waals surface area contributed by atoms with E-state index in [1.807, 2.05) is 42.2 Å². The zero-order valence-corrected chi connectivity index (χ0v) is 20.8. The Balaban J connectivity index is 1.58. The quantitative estimate of drug-likeness (QED) is 0.524. The number of aryl methyl sites for hydroxylation is 1. The van der Waals surface area contributed by atoms with Gasteiger partial charge in [-0.25, -0.2) is 0 Å². The SMILES string of the molecule is COc1ccccc1NC(=S)N1[C@@H](CC(=O)Nc2cc(Cl)ccc2C)C(=O)N[C@H]2CCCC[C@@H]21. The van der Waals surface area contributed by atoms with E-state index in [1.54, 1.807) is 19.2 Å². The number of rotatable bonds is 5. The van der Waals surface area contributed by atoms with Crippen LogP contribution >= 0.6 is 23.8 Å². The minimum atomic E-state index is -0.728. The third-order valence-electron chi connectivity index (χ3n) is 6.49. The molecule has 3 atom stereocenters. The zero-order valence-electron chi connectivity index (χ0n) is 19.3. The smallest absolute Gasteiger partial charge is 0.243 e. The number of hydrogen-bond acceptors (Lipinski definition) is 4. The van der Waals surface area contributed by atoms with Crippen LogP contribution in [0, 0.1) is 6.92 Å². The Kier molecular flexibility index (Phi) is 7.58. The maximum Gasteiger partial charge on any atom is 0.243 e. The van der Waals surface area contributed by atoms with Gasteiger partial charge < -0.3 is 25.6 Å². The monoisotopic (exact) mass is 500 g/mol. The molecule has 1 saturated carbocycles. The lowest BCUT2D eigenvalue weighted by molar-refractivity contribution is -0.134. The number of nitrogens with zero attached hydrogens (tertiary/aromatic N) is 1. The molecule has 0 radical (unpaired) electrons. The zero-order chi connectivity index (χ0) is 24.2. The van der Waals surface area contributed by atoms with Crippen LogP contribution in [0.2, 0.25) is 5.02 Å². The summed E-state index contributed by atoms with van der Waals surface area (Å²) in [5, 5.41) is 10.2. The molecule has 0 unspecified atom stereocenters. The summed E-state index contributed by atoms with van der Waals surface area (Å²) in [4.78, 5) is 28.1. The number of thiocarbonyl (C=S) groups is 1. The van der Waals surface area contributed by atoms with E-state index in [9.17, 15) is 9.59 Å². The summed E-state index contributed by atoms with van der Waals surface area (Å²) in [6, 6.07) is 12.1. The molecule has 34 heavy (non-hydrogen) atoms. The van der Waals surface area contributed by atoms with Crippen molar-refractivity contribution in [2.24, 2.45) is 0 Å². The molecule has 2 fully saturated rings. The highest BCUT2D eigenvalue weighted by Crippen LogP contribution is 2.32. The first-order chi connectivity index (χ1) is 16.4. The van der Waals surface area contributed by atoms with Crippen LogP contribution in [0.25, 0.3) is 0 Å². The van der Waals surface area contributed by atoms with Gasteiger partial charge in [-0.1, -0.05) is 42.6 Å². The summed E-state index contributed by atoms with van der Waals surface area (Å²) in [5.41, 5.74) is 2.24. The molecule has 1 saturated heterocycles. The van der Waals surface area contributed by atoms with Crippen molar-refractivity contribution in [3.63, 3.8) is 0 Å². The average molecular weight is 501 g/mol. The van der Waals surface area contributed by atoms with Gasteiger partial charge in [0, 0.05) is 16.8 Å². The lowest BCUT2D eigenvalue weighted by Crippen LogP contribution is -2.68. The van der Waals surface area contributed by atoms with Crippen molar-refractivity contribution in [3.8, 4) is 5.75 Å². The van der Waals surface area contributed by atoms with Crippen LogP contribution < -0.4 is 20.7 Å². The first kappa shape index (κ1) is 24.3. The van der Waals surface area contributed by atoms with E-state index in [0.717, 1.165) is 31.2 Å². The van der Waals surface area contributed by atoms with E-state index >= 15 is 0 Å². The van der Waals surface area contributed by atoms with E-state index < -0.39 is 6.04 Å². The maximum atomic E-state index is 13.2. The van der Waals surface area contributed by atoms with Crippen LogP contribution in [0.3, 0.4) is 0 Å². The number of halogens is 1. The predicted molar refractivity (Wildman–Crippen MR) is 138 cm³/mol. The van der Waals surface area contributed by atoms with Crippen molar-refractivity contribution < 1.29 is 14.3 Å². The second kappa shape index (κ2) is 10.6. The van der Waals surface area contributed by atoms with Gasteiger partial charge in [0.05, 0.1) is 25.3 Å². The van der Waals surface area contributed by atoms with Gasteiger partial charge in [-0.15, -0.1) is 0 Å². The fraction of sp³-hybridized carbons (Fsp3) is 0.400. The molecule has 1 aliphatic carbocycles. The molecule has 3 N–H and O–H groups in total. The Morgan fingerprint density at radius 2 is 1.94 bits per heavy atom. The van der Waals surface area contributed by atoms with E-state index in [-0.39, 0.29) is 30.3 Å². The minimum absolute atomic E-state index is 0.00755. The lowest BCUT2D eigenvalue weighted by Gasteiger charge is -2.49. The molecule has 4 rings (SSSR count). The molecule has 2 aliphatic rings. The number of amides is 2. The molecule has 0 bridgehead atoms. The van der Waals surface area contributed by atoms with Gasteiger partial charge in [-0.2, -0.15) is 0 Å². The maximum absolute atomic E-state index is 13.2. The molecular formula is C25H29ClN4O3S. The topological polar surface area (TPSA) is 82.7 Å². The number of ether oxygens (including phenoxy) is 1. The second-order valence-electron chi connectivity index (χ2n) is 8.73. The van der Waals surface area contributed by atoms with E-state index in [2.05, 4.69) is 16.0 Å². The van der Waals surface area contributed by atoms with Gasteiger partial charge >= 0.3 is 0 Å². The van der Waals surface area contributed by atoms with Crippen LogP contribution in [0.5, 0.6) is 5.75 Å². The van der Waals surface area contributed by atoms with E-state index in [4.69, 9.17) is 28.6 Å². The van der Waals surface area contributed by atoms with Crippen molar-refractivity contribution in [1.29, 1.82) is 0 Å². The molecule has 1 heterocycles. The summed E-state index contributed by atoms with van der Waals surface area (Å²) < 4.78 is 5.45. The highest BCUT2D eigenvalue weighted by Gasteiger charge is 2.44. The minimum Gasteiger partial charge on any atom is -0.495 e. The van der Waals surface area contributed by atoms with Gasteiger partial charge in [0.1, 0.15) is 11.8 Å². The summed E-state index contributed by atoms with van der Waals surface area (Å²) in [5.74, 6) is 0.187. The number of anilines is 2. The number of carbonyl (C=O) groups excluding carboxylic acids is 2. The fourth-order valence-electron chi connectivity index (χ4n) is 4.77. The van der Waals surface area contributed by atoms with Gasteiger partial charge in [0.15, 0.2) is 5.11 Å². The van der Waals surface area contributed by atoms with Crippen LogP contribution in [0.15, 0.2) is 42.5 Å². The molecule has 0 aromatic heterocycles. The summed E-state index contributed by atoms with van der Waals surface area (Å²) in [6.07, 6.45) is 3.86. The molecule has 180 valence electrons. The Hall–Kier alpha value is -2.84. The summed E-state index contributed by atoms with van der Waals surface area (Å²) in [7, 11) is 1.60. The Morgan fingerprint density at radius 1 is 1.18 bits per heavy atom. The molecule has 1 aliphatic heterocycles. The van der Waals surface area contributed by atoms with Crippen LogP contribution in [-0.4, -0.2) is 47.1 Å².